The maximum absolute atomic E-state index is 10.7. The van der Waals surface area contributed by atoms with Gasteiger partial charge in [0.2, 0.25) is 0 Å². The summed E-state index contributed by atoms with van der Waals surface area (Å²) in [6.45, 7) is 1.78. The van der Waals surface area contributed by atoms with Gasteiger partial charge < -0.3 is 9.84 Å². The van der Waals surface area contributed by atoms with Gasteiger partial charge in [0.25, 0.3) is 0 Å². The molecule has 0 bridgehead atoms. The average molecular weight is 199 g/mol. The van der Waals surface area contributed by atoms with Gasteiger partial charge in [-0.05, 0) is 19.3 Å². The Labute approximate surface area is 83.8 Å². The number of likely N-dealkylation sites (tertiary alicyclic amines) is 1. The molecule has 0 aromatic carbocycles. The molecule has 0 amide bonds. The molecule has 1 aliphatic carbocycles. The van der Waals surface area contributed by atoms with E-state index in [9.17, 15) is 4.79 Å². The van der Waals surface area contributed by atoms with E-state index in [1.165, 1.54) is 12.8 Å². The molecule has 80 valence electrons. The molecule has 0 aromatic rings. The van der Waals surface area contributed by atoms with Gasteiger partial charge >= 0.3 is 5.97 Å². The molecule has 4 nitrogen and oxygen atoms in total. The summed E-state index contributed by atoms with van der Waals surface area (Å²) in [4.78, 5) is 13.1. The van der Waals surface area contributed by atoms with Crippen LogP contribution in [0.5, 0.6) is 0 Å². The topological polar surface area (TPSA) is 49.8 Å². The lowest BCUT2D eigenvalue weighted by Gasteiger charge is -2.26. The number of hydrogen-bond donors (Lipinski definition) is 1. The van der Waals surface area contributed by atoms with Crippen LogP contribution in [0.2, 0.25) is 0 Å². The Hall–Kier alpha value is -0.610. The highest BCUT2D eigenvalue weighted by Crippen LogP contribution is 2.36. The van der Waals surface area contributed by atoms with Crippen LogP contribution in [0.1, 0.15) is 25.7 Å². The minimum Gasteiger partial charge on any atom is -0.481 e. The van der Waals surface area contributed by atoms with Crippen LogP contribution in [-0.2, 0) is 9.53 Å². The minimum absolute atomic E-state index is 0.132. The first-order chi connectivity index (χ1) is 6.65. The fourth-order valence-electron chi connectivity index (χ4n) is 2.29. The molecular formula is C10H17NO3. The van der Waals surface area contributed by atoms with E-state index in [4.69, 9.17) is 9.84 Å². The van der Waals surface area contributed by atoms with Crippen LogP contribution in [0.15, 0.2) is 0 Å². The second kappa shape index (κ2) is 3.51. The van der Waals surface area contributed by atoms with Gasteiger partial charge in [-0.3, -0.25) is 9.69 Å². The van der Waals surface area contributed by atoms with Crippen molar-refractivity contribution in [2.24, 2.45) is 0 Å². The molecule has 4 heteroatoms. The van der Waals surface area contributed by atoms with Gasteiger partial charge in [-0.2, -0.15) is 0 Å². The fourth-order valence-corrected chi connectivity index (χ4v) is 2.29. The number of carboxylic acids is 1. The maximum atomic E-state index is 10.7. The van der Waals surface area contributed by atoms with E-state index in [0.29, 0.717) is 6.04 Å². The normalized spacial score (nSPS) is 33.5. The number of carboxylic acid groups (broad SMARTS) is 1. The maximum Gasteiger partial charge on any atom is 0.306 e. The summed E-state index contributed by atoms with van der Waals surface area (Å²) in [5, 5.41) is 8.81. The SMILES string of the molecule is COC1(CC(=O)O)CCN(C2CC2)C1. The van der Waals surface area contributed by atoms with Gasteiger partial charge in [-0.1, -0.05) is 0 Å². The molecule has 1 N–H and O–H groups in total. The van der Waals surface area contributed by atoms with Gasteiger partial charge in [0.1, 0.15) is 0 Å². The predicted octanol–water partition coefficient (Wildman–Crippen LogP) is 0.714. The van der Waals surface area contributed by atoms with Crippen LogP contribution in [-0.4, -0.2) is 47.8 Å². The van der Waals surface area contributed by atoms with Crippen molar-refractivity contribution in [1.82, 2.24) is 4.90 Å². The molecule has 2 fully saturated rings. The van der Waals surface area contributed by atoms with Crippen LogP contribution in [0.4, 0.5) is 0 Å². The van der Waals surface area contributed by atoms with E-state index < -0.39 is 11.6 Å². The highest BCUT2D eigenvalue weighted by atomic mass is 16.5. The molecule has 1 saturated carbocycles. The van der Waals surface area contributed by atoms with Crippen LogP contribution in [0.3, 0.4) is 0 Å². The highest BCUT2D eigenvalue weighted by molar-refractivity contribution is 5.68. The van der Waals surface area contributed by atoms with Crippen LogP contribution in [0.25, 0.3) is 0 Å². The number of rotatable bonds is 4. The second-order valence-corrected chi connectivity index (χ2v) is 4.41. The number of nitrogens with zero attached hydrogens (tertiary/aromatic N) is 1. The number of hydrogen-bond acceptors (Lipinski definition) is 3. The molecule has 1 saturated heterocycles. The van der Waals surface area contributed by atoms with Crippen LogP contribution < -0.4 is 0 Å². The summed E-state index contributed by atoms with van der Waals surface area (Å²) in [5.74, 6) is -0.760. The molecule has 1 aliphatic heterocycles. The largest absolute Gasteiger partial charge is 0.481 e. The number of aliphatic carboxylic acids is 1. The third-order valence-electron chi connectivity index (χ3n) is 3.32. The first kappa shape index (κ1) is 9.93. The molecule has 14 heavy (non-hydrogen) atoms. The zero-order valence-electron chi connectivity index (χ0n) is 8.53. The third kappa shape index (κ3) is 1.91. The summed E-state index contributed by atoms with van der Waals surface area (Å²) in [5.41, 5.74) is -0.422. The summed E-state index contributed by atoms with van der Waals surface area (Å²) >= 11 is 0. The quantitative estimate of drug-likeness (QED) is 0.724. The smallest absolute Gasteiger partial charge is 0.306 e. The first-order valence-electron chi connectivity index (χ1n) is 5.16. The molecule has 0 radical (unpaired) electrons. The Morgan fingerprint density at radius 1 is 1.64 bits per heavy atom. The standard InChI is InChI=1S/C10H17NO3/c1-14-10(6-9(12)13)4-5-11(7-10)8-2-3-8/h8H,2-7H2,1H3,(H,12,13). The lowest BCUT2D eigenvalue weighted by Crippen LogP contribution is -2.38. The lowest BCUT2D eigenvalue weighted by atomic mass is 9.99. The Morgan fingerprint density at radius 3 is 2.86 bits per heavy atom. The van der Waals surface area contributed by atoms with E-state index in [1.807, 2.05) is 0 Å². The molecule has 2 rings (SSSR count). The van der Waals surface area contributed by atoms with Crippen molar-refractivity contribution in [3.63, 3.8) is 0 Å². The number of methoxy groups -OCH3 is 1. The van der Waals surface area contributed by atoms with E-state index in [1.54, 1.807) is 7.11 Å². The van der Waals surface area contributed by atoms with Gasteiger partial charge in [0.15, 0.2) is 0 Å². The predicted molar refractivity (Wildman–Crippen MR) is 51.2 cm³/mol. The molecule has 1 atom stereocenters. The number of carbonyl (C=O) groups is 1. The zero-order valence-corrected chi connectivity index (χ0v) is 8.53. The summed E-state index contributed by atoms with van der Waals surface area (Å²) in [6.07, 6.45) is 3.53. The van der Waals surface area contributed by atoms with Crippen LogP contribution >= 0.6 is 0 Å². The average Bonchev–Trinajstić information content (AvgIpc) is 2.89. The molecule has 0 spiro atoms. The molecular weight excluding hydrogens is 182 g/mol. The monoisotopic (exact) mass is 199 g/mol. The van der Waals surface area contributed by atoms with Crippen molar-refractivity contribution >= 4 is 5.97 Å². The van der Waals surface area contributed by atoms with E-state index >= 15 is 0 Å². The number of ether oxygens (including phenoxy) is 1. The Morgan fingerprint density at radius 2 is 2.36 bits per heavy atom. The Balaban J connectivity index is 1.96. The second-order valence-electron chi connectivity index (χ2n) is 4.41. The Bertz CT molecular complexity index is 240. The van der Waals surface area contributed by atoms with E-state index in [2.05, 4.69) is 4.90 Å². The van der Waals surface area contributed by atoms with Crippen molar-refractivity contribution in [2.45, 2.75) is 37.3 Å². The first-order valence-corrected chi connectivity index (χ1v) is 5.16. The molecule has 2 aliphatic rings. The van der Waals surface area contributed by atoms with Crippen molar-refractivity contribution < 1.29 is 14.6 Å². The summed E-state index contributed by atoms with van der Waals surface area (Å²) < 4.78 is 5.40. The minimum atomic E-state index is -0.760. The van der Waals surface area contributed by atoms with Crippen molar-refractivity contribution in [3.05, 3.63) is 0 Å². The summed E-state index contributed by atoms with van der Waals surface area (Å²) in [7, 11) is 1.62. The van der Waals surface area contributed by atoms with Gasteiger partial charge in [0.05, 0.1) is 12.0 Å². The van der Waals surface area contributed by atoms with Gasteiger partial charge in [-0.15, -0.1) is 0 Å². The third-order valence-corrected chi connectivity index (χ3v) is 3.32. The highest BCUT2D eigenvalue weighted by Gasteiger charge is 2.44. The van der Waals surface area contributed by atoms with Crippen molar-refractivity contribution in [3.8, 4) is 0 Å². The van der Waals surface area contributed by atoms with Gasteiger partial charge in [-0.25, -0.2) is 0 Å². The van der Waals surface area contributed by atoms with Gasteiger partial charge in [0, 0.05) is 26.2 Å². The Kier molecular flexibility index (Phi) is 2.49. The summed E-state index contributed by atoms with van der Waals surface area (Å²) in [6, 6.07) is 0.709. The lowest BCUT2D eigenvalue weighted by molar-refractivity contribution is -0.143. The van der Waals surface area contributed by atoms with E-state index in [-0.39, 0.29) is 6.42 Å². The molecule has 0 aromatic heterocycles. The van der Waals surface area contributed by atoms with Crippen molar-refractivity contribution in [1.29, 1.82) is 0 Å². The molecule has 1 unspecified atom stereocenters. The molecule has 1 heterocycles. The van der Waals surface area contributed by atoms with E-state index in [0.717, 1.165) is 19.5 Å². The van der Waals surface area contributed by atoms with Crippen molar-refractivity contribution in [2.75, 3.05) is 20.2 Å². The zero-order chi connectivity index (χ0) is 10.2. The fraction of sp³-hybridized carbons (Fsp3) is 0.900. The van der Waals surface area contributed by atoms with Crippen LogP contribution in [0, 0.1) is 0 Å².